The average molecular weight is 507 g/mol. The first-order valence-corrected chi connectivity index (χ1v) is 12.2. The molecule has 0 saturated carbocycles. The first-order valence-electron chi connectivity index (χ1n) is 11.7. The molecule has 3 aromatic rings. The normalized spacial score (nSPS) is 15.9. The maximum Gasteiger partial charge on any atom is 0.338 e. The molecular formula is C28H30N2O5S. The molecule has 2 unspecified atom stereocenters. The van der Waals surface area contributed by atoms with Crippen molar-refractivity contribution in [2.75, 3.05) is 39.0 Å². The zero-order valence-corrected chi connectivity index (χ0v) is 21.2. The highest BCUT2D eigenvalue weighted by atomic mass is 32.1. The molecule has 1 aliphatic rings. The number of hydrogen-bond donors (Lipinski definition) is 1. The van der Waals surface area contributed by atoms with E-state index in [1.165, 1.54) is 0 Å². The summed E-state index contributed by atoms with van der Waals surface area (Å²) in [7, 11) is 3.21. The Morgan fingerprint density at radius 1 is 1.08 bits per heavy atom. The van der Waals surface area contributed by atoms with Gasteiger partial charge in [-0.1, -0.05) is 48.6 Å². The number of aliphatic hydroxyl groups excluding tert-OH is 1. The number of ether oxygens (including phenoxy) is 3. The van der Waals surface area contributed by atoms with Gasteiger partial charge in [0.25, 0.3) is 0 Å². The van der Waals surface area contributed by atoms with Crippen molar-refractivity contribution in [3.8, 4) is 11.5 Å². The highest BCUT2D eigenvalue weighted by Crippen LogP contribution is 2.42. The summed E-state index contributed by atoms with van der Waals surface area (Å²) in [5.41, 5.74) is 5.01. The van der Waals surface area contributed by atoms with Crippen LogP contribution in [-0.4, -0.2) is 55.6 Å². The molecule has 0 bridgehead atoms. The van der Waals surface area contributed by atoms with Crippen molar-refractivity contribution in [2.45, 2.75) is 12.5 Å². The van der Waals surface area contributed by atoms with Gasteiger partial charge in [0.15, 0.2) is 11.5 Å². The van der Waals surface area contributed by atoms with Gasteiger partial charge in [0.05, 0.1) is 50.2 Å². The van der Waals surface area contributed by atoms with Gasteiger partial charge < -0.3 is 19.3 Å². The predicted molar refractivity (Wildman–Crippen MR) is 143 cm³/mol. The molecule has 0 fully saturated rings. The highest BCUT2D eigenvalue weighted by molar-refractivity contribution is 7.79. The number of benzene rings is 3. The van der Waals surface area contributed by atoms with E-state index < -0.39 is 11.9 Å². The number of aliphatic hydroxyl groups is 1. The van der Waals surface area contributed by atoms with Crippen molar-refractivity contribution in [3.63, 3.8) is 0 Å². The summed E-state index contributed by atoms with van der Waals surface area (Å²) in [6.07, 6.45) is 0.737. The van der Waals surface area contributed by atoms with Crippen molar-refractivity contribution in [1.29, 1.82) is 0 Å². The van der Waals surface area contributed by atoms with Crippen LogP contribution in [0.3, 0.4) is 0 Å². The van der Waals surface area contributed by atoms with Gasteiger partial charge in [0, 0.05) is 12.5 Å². The second kappa shape index (κ2) is 12.0. The number of anilines is 1. The van der Waals surface area contributed by atoms with Crippen LogP contribution in [0.1, 0.15) is 27.5 Å². The van der Waals surface area contributed by atoms with Crippen LogP contribution in [-0.2, 0) is 11.2 Å². The SMILES string of the molecule is COc1cc2c(cc1OC)C(C(CO)COC(=O)c1ccccc1)N(N(C=S)c1ccccc1)CC2. The number of hydrazine groups is 1. The number of nitrogens with zero attached hydrogens (tertiary/aromatic N) is 2. The summed E-state index contributed by atoms with van der Waals surface area (Å²) < 4.78 is 16.8. The molecule has 36 heavy (non-hydrogen) atoms. The van der Waals surface area contributed by atoms with E-state index in [1.807, 2.05) is 53.5 Å². The molecule has 1 aliphatic heterocycles. The standard InChI is InChI=1S/C28H30N2O5S/c1-33-25-15-21-13-14-29(30(19-36)23-11-7-4-8-12-23)27(24(21)16-26(25)34-2)22(17-31)18-35-28(32)20-9-5-3-6-10-20/h3-12,15-16,19,22,27,31H,13-14,17-18H2,1-2H3. The molecule has 4 rings (SSSR count). The van der Waals surface area contributed by atoms with Crippen LogP contribution >= 0.6 is 12.2 Å². The minimum absolute atomic E-state index is 0.0270. The van der Waals surface area contributed by atoms with Crippen LogP contribution < -0.4 is 14.5 Å². The summed E-state index contributed by atoms with van der Waals surface area (Å²) in [4.78, 5) is 12.7. The molecule has 3 aromatic carbocycles. The van der Waals surface area contributed by atoms with E-state index in [9.17, 15) is 9.90 Å². The number of esters is 1. The largest absolute Gasteiger partial charge is 0.493 e. The van der Waals surface area contributed by atoms with Gasteiger partial charge in [-0.25, -0.2) is 9.80 Å². The quantitative estimate of drug-likeness (QED) is 0.320. The Hall–Kier alpha value is -3.46. The average Bonchev–Trinajstić information content (AvgIpc) is 2.94. The smallest absolute Gasteiger partial charge is 0.338 e. The molecule has 0 aliphatic carbocycles. The lowest BCUT2D eigenvalue weighted by atomic mass is 9.85. The second-order valence-corrected chi connectivity index (χ2v) is 8.67. The third-order valence-corrected chi connectivity index (χ3v) is 6.61. The summed E-state index contributed by atoms with van der Waals surface area (Å²) in [5, 5.41) is 14.6. The van der Waals surface area contributed by atoms with Crippen LogP contribution in [0, 0.1) is 5.92 Å². The third-order valence-electron chi connectivity index (χ3n) is 6.41. The molecule has 7 nitrogen and oxygen atoms in total. The molecule has 188 valence electrons. The van der Waals surface area contributed by atoms with Crippen molar-refractivity contribution in [1.82, 2.24) is 5.01 Å². The number of fused-ring (bicyclic) bond motifs is 1. The topological polar surface area (TPSA) is 71.5 Å². The number of rotatable bonds is 10. The Kier molecular flexibility index (Phi) is 8.53. The number of hydrogen-bond acceptors (Lipinski definition) is 7. The summed E-state index contributed by atoms with van der Waals surface area (Å²) in [5.74, 6) is 0.374. The second-order valence-electron chi connectivity index (χ2n) is 8.46. The van der Waals surface area contributed by atoms with Crippen LogP contribution in [0.4, 0.5) is 5.69 Å². The Morgan fingerprint density at radius 3 is 2.33 bits per heavy atom. The van der Waals surface area contributed by atoms with Crippen molar-refractivity contribution in [3.05, 3.63) is 89.5 Å². The van der Waals surface area contributed by atoms with Gasteiger partial charge in [-0.3, -0.25) is 5.01 Å². The van der Waals surface area contributed by atoms with E-state index in [2.05, 4.69) is 5.01 Å². The molecule has 8 heteroatoms. The lowest BCUT2D eigenvalue weighted by Crippen LogP contribution is -2.51. The van der Waals surface area contributed by atoms with E-state index in [1.54, 1.807) is 44.0 Å². The van der Waals surface area contributed by atoms with Crippen molar-refractivity contribution >= 4 is 29.4 Å². The van der Waals surface area contributed by atoms with Crippen LogP contribution in [0.15, 0.2) is 72.8 Å². The van der Waals surface area contributed by atoms with E-state index in [4.69, 9.17) is 26.4 Å². The zero-order valence-electron chi connectivity index (χ0n) is 20.4. The van der Waals surface area contributed by atoms with Gasteiger partial charge in [0.2, 0.25) is 0 Å². The molecule has 0 saturated heterocycles. The number of carbonyl (C=O) groups excluding carboxylic acids is 1. The molecule has 1 N–H and O–H groups in total. The van der Waals surface area contributed by atoms with E-state index in [0.717, 1.165) is 23.2 Å². The molecular weight excluding hydrogens is 476 g/mol. The molecule has 0 radical (unpaired) electrons. The molecule has 0 amide bonds. The maximum absolute atomic E-state index is 12.7. The number of thiocarbonyl (C=S) groups is 1. The van der Waals surface area contributed by atoms with Crippen LogP contribution in [0.25, 0.3) is 0 Å². The summed E-state index contributed by atoms with van der Waals surface area (Å²) in [6.45, 7) is 0.467. The minimum atomic E-state index is -0.434. The molecule has 2 atom stereocenters. The Morgan fingerprint density at radius 2 is 1.72 bits per heavy atom. The molecule has 1 heterocycles. The van der Waals surface area contributed by atoms with Gasteiger partial charge in [0.1, 0.15) is 0 Å². The van der Waals surface area contributed by atoms with Crippen LogP contribution in [0.5, 0.6) is 11.5 Å². The lowest BCUT2D eigenvalue weighted by Gasteiger charge is -2.45. The number of para-hydroxylation sites is 1. The Bertz CT molecular complexity index is 1180. The first kappa shape index (κ1) is 25.6. The predicted octanol–water partition coefficient (Wildman–Crippen LogP) is 4.45. The Balaban J connectivity index is 1.72. The van der Waals surface area contributed by atoms with Gasteiger partial charge in [-0.15, -0.1) is 0 Å². The van der Waals surface area contributed by atoms with E-state index in [0.29, 0.717) is 23.6 Å². The third kappa shape index (κ3) is 5.36. The van der Waals surface area contributed by atoms with Gasteiger partial charge in [-0.05, 0) is 53.9 Å². The summed E-state index contributed by atoms with van der Waals surface area (Å²) >= 11 is 5.44. The molecule has 0 aromatic heterocycles. The maximum atomic E-state index is 12.7. The summed E-state index contributed by atoms with van der Waals surface area (Å²) in [6, 6.07) is 22.2. The number of carbonyl (C=O) groups is 1. The first-order chi connectivity index (χ1) is 17.6. The van der Waals surface area contributed by atoms with E-state index in [-0.39, 0.29) is 19.3 Å². The van der Waals surface area contributed by atoms with Crippen molar-refractivity contribution in [2.24, 2.45) is 5.92 Å². The highest BCUT2D eigenvalue weighted by Gasteiger charge is 2.38. The lowest BCUT2D eigenvalue weighted by molar-refractivity contribution is 0.0166. The number of methoxy groups -OCH3 is 2. The van der Waals surface area contributed by atoms with Crippen LogP contribution in [0.2, 0.25) is 0 Å². The van der Waals surface area contributed by atoms with Gasteiger partial charge in [-0.2, -0.15) is 0 Å². The zero-order chi connectivity index (χ0) is 25.5. The van der Waals surface area contributed by atoms with Crippen molar-refractivity contribution < 1.29 is 24.1 Å². The minimum Gasteiger partial charge on any atom is -0.493 e. The van der Waals surface area contributed by atoms with Gasteiger partial charge >= 0.3 is 5.97 Å². The molecule has 0 spiro atoms. The fraction of sp³-hybridized carbons (Fsp3) is 0.286. The fourth-order valence-electron chi connectivity index (χ4n) is 4.64. The Labute approximate surface area is 216 Å². The monoisotopic (exact) mass is 506 g/mol. The van der Waals surface area contributed by atoms with E-state index >= 15 is 0 Å². The fourth-order valence-corrected chi connectivity index (χ4v) is 4.88.